The Kier molecular flexibility index (Phi) is 3.09. The number of hydrogen-bond acceptors (Lipinski definition) is 3. The lowest BCUT2D eigenvalue weighted by molar-refractivity contribution is -0.139. The molecule has 76 valence electrons. The van der Waals surface area contributed by atoms with E-state index in [1.807, 2.05) is 0 Å². The van der Waals surface area contributed by atoms with Crippen molar-refractivity contribution in [2.75, 3.05) is 0 Å². The van der Waals surface area contributed by atoms with Crippen LogP contribution in [-0.2, 0) is 4.79 Å². The molecule has 4 nitrogen and oxygen atoms in total. The number of carboxylic acids is 1. The van der Waals surface area contributed by atoms with Crippen LogP contribution < -0.4 is 0 Å². The fourth-order valence-electron chi connectivity index (χ4n) is 1.22. The van der Waals surface area contributed by atoms with Crippen molar-refractivity contribution >= 4 is 5.97 Å². The quantitative estimate of drug-likeness (QED) is 0.679. The highest BCUT2D eigenvalue weighted by Crippen LogP contribution is 2.26. The number of aliphatic hydroxyl groups is 1. The van der Waals surface area contributed by atoms with Gasteiger partial charge >= 0.3 is 5.97 Å². The first kappa shape index (κ1) is 10.5. The number of phenols is 1. The maximum absolute atomic E-state index is 10.3. The van der Waals surface area contributed by atoms with E-state index in [4.69, 9.17) is 5.11 Å². The average Bonchev–Trinajstić information content (AvgIpc) is 2.08. The standard InChI is InChI=1S/C10H12O4/c1-6-2-3-8(11)7(4-6)9(12)5-10(13)14/h2-4,9,11-12H,5H2,1H3,(H,13,14)/t9-/m1/s1. The largest absolute Gasteiger partial charge is 0.508 e. The fourth-order valence-corrected chi connectivity index (χ4v) is 1.22. The van der Waals surface area contributed by atoms with Crippen LogP contribution in [0.15, 0.2) is 18.2 Å². The summed E-state index contributed by atoms with van der Waals surface area (Å²) in [6.07, 6.45) is -1.57. The van der Waals surface area contributed by atoms with Gasteiger partial charge in [0.2, 0.25) is 0 Å². The van der Waals surface area contributed by atoms with Crippen molar-refractivity contribution in [1.82, 2.24) is 0 Å². The van der Waals surface area contributed by atoms with Crippen LogP contribution >= 0.6 is 0 Å². The zero-order valence-corrected chi connectivity index (χ0v) is 7.77. The predicted octanol–water partition coefficient (Wildman–Crippen LogP) is 1.21. The molecule has 0 unspecified atom stereocenters. The molecule has 3 N–H and O–H groups in total. The summed E-state index contributed by atoms with van der Waals surface area (Å²) >= 11 is 0. The van der Waals surface area contributed by atoms with Gasteiger partial charge in [-0.3, -0.25) is 4.79 Å². The Morgan fingerprint density at radius 3 is 2.71 bits per heavy atom. The van der Waals surface area contributed by atoms with E-state index in [0.717, 1.165) is 5.56 Å². The number of aryl methyl sites for hydroxylation is 1. The van der Waals surface area contributed by atoms with Crippen molar-refractivity contribution in [3.8, 4) is 5.75 Å². The molecule has 0 spiro atoms. The van der Waals surface area contributed by atoms with Crippen LogP contribution in [0.5, 0.6) is 5.75 Å². The minimum Gasteiger partial charge on any atom is -0.508 e. The summed E-state index contributed by atoms with van der Waals surface area (Å²) in [7, 11) is 0. The van der Waals surface area contributed by atoms with E-state index in [2.05, 4.69) is 0 Å². The first-order valence-electron chi connectivity index (χ1n) is 4.20. The zero-order chi connectivity index (χ0) is 10.7. The van der Waals surface area contributed by atoms with Gasteiger partial charge in [-0.25, -0.2) is 0 Å². The third-order valence-electron chi connectivity index (χ3n) is 1.91. The van der Waals surface area contributed by atoms with E-state index < -0.39 is 18.5 Å². The van der Waals surface area contributed by atoms with Gasteiger partial charge in [-0.05, 0) is 19.1 Å². The van der Waals surface area contributed by atoms with Gasteiger partial charge in [-0.2, -0.15) is 0 Å². The first-order chi connectivity index (χ1) is 6.50. The minimum atomic E-state index is -1.16. The lowest BCUT2D eigenvalue weighted by atomic mass is 10.0. The number of carbonyl (C=O) groups is 1. The van der Waals surface area contributed by atoms with E-state index in [0.29, 0.717) is 0 Å². The second-order valence-corrected chi connectivity index (χ2v) is 3.18. The lowest BCUT2D eigenvalue weighted by Crippen LogP contribution is -2.05. The van der Waals surface area contributed by atoms with Crippen LogP contribution in [0.2, 0.25) is 0 Å². The zero-order valence-electron chi connectivity index (χ0n) is 7.77. The van der Waals surface area contributed by atoms with E-state index in [1.165, 1.54) is 6.07 Å². The molecule has 0 aliphatic carbocycles. The molecule has 0 saturated heterocycles. The molecule has 0 heterocycles. The van der Waals surface area contributed by atoms with Gasteiger partial charge in [0.25, 0.3) is 0 Å². The maximum atomic E-state index is 10.3. The molecule has 1 rings (SSSR count). The van der Waals surface area contributed by atoms with Gasteiger partial charge in [-0.1, -0.05) is 11.6 Å². The smallest absolute Gasteiger partial charge is 0.306 e. The van der Waals surface area contributed by atoms with Gasteiger partial charge in [-0.15, -0.1) is 0 Å². The fraction of sp³-hybridized carbons (Fsp3) is 0.300. The van der Waals surface area contributed by atoms with Crippen molar-refractivity contribution in [3.05, 3.63) is 29.3 Å². The lowest BCUT2D eigenvalue weighted by Gasteiger charge is -2.10. The maximum Gasteiger partial charge on any atom is 0.306 e. The predicted molar refractivity (Wildman–Crippen MR) is 50.1 cm³/mol. The van der Waals surface area contributed by atoms with Crippen LogP contribution in [0.1, 0.15) is 23.7 Å². The monoisotopic (exact) mass is 196 g/mol. The summed E-state index contributed by atoms with van der Waals surface area (Å²) in [4.78, 5) is 10.3. The Balaban J connectivity index is 2.93. The summed E-state index contributed by atoms with van der Waals surface area (Å²) in [6, 6.07) is 4.70. The number of hydrogen-bond donors (Lipinski definition) is 3. The second-order valence-electron chi connectivity index (χ2n) is 3.18. The van der Waals surface area contributed by atoms with Crippen LogP contribution in [0.4, 0.5) is 0 Å². The van der Waals surface area contributed by atoms with Gasteiger partial charge in [0.1, 0.15) is 5.75 Å². The summed E-state index contributed by atoms with van der Waals surface area (Å²) < 4.78 is 0. The number of benzene rings is 1. The topological polar surface area (TPSA) is 77.8 Å². The molecule has 0 aliphatic rings. The molecule has 0 bridgehead atoms. The van der Waals surface area contributed by atoms with Crippen molar-refractivity contribution in [2.45, 2.75) is 19.4 Å². The Morgan fingerprint density at radius 1 is 1.50 bits per heavy atom. The van der Waals surface area contributed by atoms with Gasteiger partial charge in [0.15, 0.2) is 0 Å². The van der Waals surface area contributed by atoms with E-state index >= 15 is 0 Å². The molecule has 1 atom stereocenters. The highest BCUT2D eigenvalue weighted by molar-refractivity contribution is 5.68. The molecule has 1 aromatic carbocycles. The van der Waals surface area contributed by atoms with Crippen molar-refractivity contribution < 1.29 is 20.1 Å². The van der Waals surface area contributed by atoms with Crippen LogP contribution in [-0.4, -0.2) is 21.3 Å². The highest BCUT2D eigenvalue weighted by Gasteiger charge is 2.15. The van der Waals surface area contributed by atoms with E-state index in [-0.39, 0.29) is 11.3 Å². The summed E-state index contributed by atoms with van der Waals surface area (Å²) in [5, 5.41) is 27.3. The molecular weight excluding hydrogens is 184 g/mol. The molecule has 0 amide bonds. The molecule has 4 heteroatoms. The average molecular weight is 196 g/mol. The Bertz CT molecular complexity index is 346. The van der Waals surface area contributed by atoms with Crippen LogP contribution in [0, 0.1) is 6.92 Å². The van der Waals surface area contributed by atoms with Crippen molar-refractivity contribution in [3.63, 3.8) is 0 Å². The molecule has 0 saturated carbocycles. The Hall–Kier alpha value is -1.55. The van der Waals surface area contributed by atoms with Gasteiger partial charge < -0.3 is 15.3 Å². The highest BCUT2D eigenvalue weighted by atomic mass is 16.4. The molecular formula is C10H12O4. The minimum absolute atomic E-state index is 0.0793. The third kappa shape index (κ3) is 2.47. The molecule has 14 heavy (non-hydrogen) atoms. The first-order valence-corrected chi connectivity index (χ1v) is 4.20. The Morgan fingerprint density at radius 2 is 2.14 bits per heavy atom. The van der Waals surface area contributed by atoms with E-state index in [1.54, 1.807) is 19.1 Å². The molecule has 0 aromatic heterocycles. The summed E-state index contributed by atoms with van der Waals surface area (Å²) in [5.74, 6) is -1.18. The second kappa shape index (κ2) is 4.11. The van der Waals surface area contributed by atoms with Gasteiger partial charge in [0, 0.05) is 5.56 Å². The number of aromatic hydroxyl groups is 1. The third-order valence-corrected chi connectivity index (χ3v) is 1.91. The Labute approximate surface area is 81.4 Å². The summed E-state index contributed by atoms with van der Waals surface area (Å²) in [6.45, 7) is 1.80. The number of aliphatic hydroxyl groups excluding tert-OH is 1. The SMILES string of the molecule is Cc1ccc(O)c([C@H](O)CC(=O)O)c1. The normalized spacial score (nSPS) is 12.4. The molecule has 1 aromatic rings. The number of aliphatic carboxylic acids is 1. The van der Waals surface area contributed by atoms with Crippen LogP contribution in [0.25, 0.3) is 0 Å². The number of carboxylic acid groups (broad SMARTS) is 1. The number of rotatable bonds is 3. The molecule has 0 radical (unpaired) electrons. The van der Waals surface area contributed by atoms with Crippen LogP contribution in [0.3, 0.4) is 0 Å². The van der Waals surface area contributed by atoms with Gasteiger partial charge in [0.05, 0.1) is 12.5 Å². The molecule has 0 aliphatic heterocycles. The van der Waals surface area contributed by atoms with Crippen molar-refractivity contribution in [2.24, 2.45) is 0 Å². The van der Waals surface area contributed by atoms with Crippen molar-refractivity contribution in [1.29, 1.82) is 0 Å². The number of phenolic OH excluding ortho intramolecular Hbond substituents is 1. The summed E-state index contributed by atoms with van der Waals surface area (Å²) in [5.41, 5.74) is 1.12. The van der Waals surface area contributed by atoms with E-state index in [9.17, 15) is 15.0 Å². The molecule has 0 fully saturated rings.